The first-order chi connectivity index (χ1) is 8.24. The largest absolute Gasteiger partial charge is 0.373 e. The number of pyridine rings is 1. The Balaban J connectivity index is 2.01. The molecule has 1 heterocycles. The molecule has 0 bridgehead atoms. The van der Waals surface area contributed by atoms with Crippen molar-refractivity contribution < 1.29 is 0 Å². The lowest BCUT2D eigenvalue weighted by atomic mass is 9.93. The van der Waals surface area contributed by atoms with Crippen LogP contribution in [0.2, 0.25) is 0 Å². The van der Waals surface area contributed by atoms with Gasteiger partial charge in [0.25, 0.3) is 0 Å². The number of anilines is 2. The minimum atomic E-state index is 0.583. The summed E-state index contributed by atoms with van der Waals surface area (Å²) in [6.07, 6.45) is 3.91. The summed E-state index contributed by atoms with van der Waals surface area (Å²) in [4.78, 5) is 4.52. The third-order valence-electron chi connectivity index (χ3n) is 4.09. The first-order valence-corrected chi connectivity index (χ1v) is 6.66. The van der Waals surface area contributed by atoms with Crippen LogP contribution in [-0.2, 0) is 0 Å². The quantitative estimate of drug-likeness (QED) is 0.837. The molecule has 1 aliphatic carbocycles. The van der Waals surface area contributed by atoms with Gasteiger partial charge < -0.3 is 10.6 Å². The van der Waals surface area contributed by atoms with Gasteiger partial charge in [0.2, 0.25) is 0 Å². The molecule has 1 saturated carbocycles. The molecule has 3 nitrogen and oxygen atoms in total. The van der Waals surface area contributed by atoms with Gasteiger partial charge in [0.1, 0.15) is 11.6 Å². The predicted octanol–water partition coefficient (Wildman–Crippen LogP) is 3.36. The Kier molecular flexibility index (Phi) is 3.87. The summed E-state index contributed by atoms with van der Waals surface area (Å²) >= 11 is 0. The molecule has 0 radical (unpaired) electrons. The zero-order valence-electron chi connectivity index (χ0n) is 11.0. The number of rotatable bonds is 4. The van der Waals surface area contributed by atoms with Gasteiger partial charge in [-0.3, -0.25) is 0 Å². The second-order valence-electron chi connectivity index (χ2n) is 5.01. The third kappa shape index (κ3) is 2.71. The highest BCUT2D eigenvalue weighted by Gasteiger charge is 2.31. The van der Waals surface area contributed by atoms with E-state index < -0.39 is 0 Å². The molecule has 0 aromatic carbocycles. The van der Waals surface area contributed by atoms with E-state index in [1.165, 1.54) is 19.3 Å². The number of nitrogens with zero attached hydrogens (tertiary/aromatic N) is 1. The van der Waals surface area contributed by atoms with Crippen molar-refractivity contribution in [2.45, 2.75) is 39.2 Å². The van der Waals surface area contributed by atoms with E-state index in [0.29, 0.717) is 6.04 Å². The van der Waals surface area contributed by atoms with Crippen molar-refractivity contribution in [2.75, 3.05) is 17.7 Å². The highest BCUT2D eigenvalue weighted by molar-refractivity contribution is 5.45. The second kappa shape index (κ2) is 5.39. The summed E-state index contributed by atoms with van der Waals surface area (Å²) in [7, 11) is 1.90. The zero-order valence-corrected chi connectivity index (χ0v) is 11.0. The molecule has 3 atom stereocenters. The average Bonchev–Trinajstić information content (AvgIpc) is 2.71. The molecule has 1 aliphatic rings. The summed E-state index contributed by atoms with van der Waals surface area (Å²) < 4.78 is 0. The standard InChI is InChI=1S/C14H23N3/c1-4-11-8-9-12(10(11)2)16-14-7-5-6-13(15-3)17-14/h5-7,10-12H,4,8-9H2,1-3H3,(H2,15,16,17). The van der Waals surface area contributed by atoms with Crippen LogP contribution in [0.4, 0.5) is 11.6 Å². The molecule has 1 fully saturated rings. The number of aromatic nitrogens is 1. The van der Waals surface area contributed by atoms with E-state index in [1.807, 2.05) is 25.2 Å². The van der Waals surface area contributed by atoms with Crippen LogP contribution in [0.1, 0.15) is 33.1 Å². The molecule has 0 aliphatic heterocycles. The Hall–Kier alpha value is -1.25. The SMILES string of the molecule is CCC1CCC(Nc2cccc(NC)n2)C1C. The van der Waals surface area contributed by atoms with Crippen molar-refractivity contribution >= 4 is 11.6 Å². The predicted molar refractivity (Wildman–Crippen MR) is 73.4 cm³/mol. The fraction of sp³-hybridized carbons (Fsp3) is 0.643. The Morgan fingerprint density at radius 3 is 2.71 bits per heavy atom. The second-order valence-corrected chi connectivity index (χ2v) is 5.01. The van der Waals surface area contributed by atoms with Crippen LogP contribution in [-0.4, -0.2) is 18.1 Å². The summed E-state index contributed by atoms with van der Waals surface area (Å²) in [5.74, 6) is 3.54. The van der Waals surface area contributed by atoms with E-state index >= 15 is 0 Å². The Morgan fingerprint density at radius 1 is 1.29 bits per heavy atom. The van der Waals surface area contributed by atoms with Crippen molar-refractivity contribution in [1.29, 1.82) is 0 Å². The van der Waals surface area contributed by atoms with Crippen LogP contribution in [0.3, 0.4) is 0 Å². The fourth-order valence-electron chi connectivity index (χ4n) is 2.87. The fourth-order valence-corrected chi connectivity index (χ4v) is 2.87. The van der Waals surface area contributed by atoms with Crippen LogP contribution in [0.25, 0.3) is 0 Å². The van der Waals surface area contributed by atoms with E-state index in [9.17, 15) is 0 Å². The zero-order chi connectivity index (χ0) is 12.3. The van der Waals surface area contributed by atoms with Crippen LogP contribution in [0.15, 0.2) is 18.2 Å². The van der Waals surface area contributed by atoms with Gasteiger partial charge in [0, 0.05) is 13.1 Å². The first-order valence-electron chi connectivity index (χ1n) is 6.66. The van der Waals surface area contributed by atoms with Gasteiger partial charge >= 0.3 is 0 Å². The summed E-state index contributed by atoms with van der Waals surface area (Å²) in [6.45, 7) is 4.66. The molecule has 1 aromatic rings. The number of hydrogen-bond donors (Lipinski definition) is 2. The van der Waals surface area contributed by atoms with Gasteiger partial charge in [0.05, 0.1) is 0 Å². The molecule has 94 valence electrons. The van der Waals surface area contributed by atoms with Crippen LogP contribution in [0, 0.1) is 11.8 Å². The molecule has 3 heteroatoms. The molecule has 0 amide bonds. The number of hydrogen-bond acceptors (Lipinski definition) is 3. The van der Waals surface area contributed by atoms with Crippen molar-refractivity contribution in [1.82, 2.24) is 4.98 Å². The molecule has 3 unspecified atom stereocenters. The average molecular weight is 233 g/mol. The van der Waals surface area contributed by atoms with Gasteiger partial charge in [-0.2, -0.15) is 0 Å². The summed E-state index contributed by atoms with van der Waals surface area (Å²) in [6, 6.07) is 6.66. The monoisotopic (exact) mass is 233 g/mol. The molecule has 0 spiro atoms. The van der Waals surface area contributed by atoms with Gasteiger partial charge in [-0.25, -0.2) is 4.98 Å². The maximum Gasteiger partial charge on any atom is 0.128 e. The maximum absolute atomic E-state index is 4.52. The van der Waals surface area contributed by atoms with E-state index in [1.54, 1.807) is 0 Å². The summed E-state index contributed by atoms with van der Waals surface area (Å²) in [5, 5.41) is 6.65. The van der Waals surface area contributed by atoms with Gasteiger partial charge in [-0.15, -0.1) is 0 Å². The van der Waals surface area contributed by atoms with E-state index in [0.717, 1.165) is 23.5 Å². The lowest BCUT2D eigenvalue weighted by Crippen LogP contribution is -2.25. The van der Waals surface area contributed by atoms with E-state index in [4.69, 9.17) is 0 Å². The highest BCUT2D eigenvalue weighted by atomic mass is 15.1. The number of nitrogens with one attached hydrogen (secondary N) is 2. The molecule has 0 saturated heterocycles. The van der Waals surface area contributed by atoms with Crippen molar-refractivity contribution in [3.63, 3.8) is 0 Å². The van der Waals surface area contributed by atoms with E-state index in [-0.39, 0.29) is 0 Å². The van der Waals surface area contributed by atoms with Gasteiger partial charge in [0.15, 0.2) is 0 Å². The lowest BCUT2D eigenvalue weighted by molar-refractivity contribution is 0.391. The highest BCUT2D eigenvalue weighted by Crippen LogP contribution is 2.35. The third-order valence-corrected chi connectivity index (χ3v) is 4.09. The normalized spacial score (nSPS) is 28.1. The van der Waals surface area contributed by atoms with E-state index in [2.05, 4.69) is 29.5 Å². The smallest absolute Gasteiger partial charge is 0.128 e. The first kappa shape index (κ1) is 12.2. The molecule has 2 rings (SSSR count). The van der Waals surface area contributed by atoms with Crippen LogP contribution >= 0.6 is 0 Å². The van der Waals surface area contributed by atoms with Crippen molar-refractivity contribution in [3.8, 4) is 0 Å². The molecule has 1 aromatic heterocycles. The Labute approximate surface area is 104 Å². The molecular weight excluding hydrogens is 210 g/mol. The van der Waals surface area contributed by atoms with Gasteiger partial charge in [-0.05, 0) is 36.8 Å². The molecule has 2 N–H and O–H groups in total. The van der Waals surface area contributed by atoms with Crippen LogP contribution in [0.5, 0.6) is 0 Å². The topological polar surface area (TPSA) is 37.0 Å². The lowest BCUT2D eigenvalue weighted by Gasteiger charge is -2.21. The minimum absolute atomic E-state index is 0.583. The maximum atomic E-state index is 4.52. The Bertz CT molecular complexity index is 364. The minimum Gasteiger partial charge on any atom is -0.373 e. The van der Waals surface area contributed by atoms with Gasteiger partial charge in [-0.1, -0.05) is 26.3 Å². The molecule has 17 heavy (non-hydrogen) atoms. The van der Waals surface area contributed by atoms with Crippen molar-refractivity contribution in [3.05, 3.63) is 18.2 Å². The summed E-state index contributed by atoms with van der Waals surface area (Å²) in [5.41, 5.74) is 0. The molecular formula is C14H23N3. The van der Waals surface area contributed by atoms with Crippen molar-refractivity contribution in [2.24, 2.45) is 11.8 Å². The Morgan fingerprint density at radius 2 is 2.06 bits per heavy atom. The van der Waals surface area contributed by atoms with Crippen LogP contribution < -0.4 is 10.6 Å².